The van der Waals surface area contributed by atoms with Gasteiger partial charge in [0.2, 0.25) is 5.91 Å². The van der Waals surface area contributed by atoms with Crippen LogP contribution in [0.3, 0.4) is 0 Å². The number of hydrogen-bond donors (Lipinski definition) is 1. The van der Waals surface area contributed by atoms with E-state index in [0.29, 0.717) is 35.5 Å². The minimum atomic E-state index is -4.42. The number of alkyl halides is 4. The summed E-state index contributed by atoms with van der Waals surface area (Å²) in [4.78, 5) is 19.0. The minimum Gasteiger partial charge on any atom is -0.378 e. The second-order valence-corrected chi connectivity index (χ2v) is 8.54. The number of hydrogen-bond acceptors (Lipinski definition) is 4. The second kappa shape index (κ2) is 9.12. The Morgan fingerprint density at radius 3 is 2.62 bits per heavy atom. The van der Waals surface area contributed by atoms with Crippen LogP contribution in [0, 0.1) is 6.92 Å². The molecule has 3 aromatic rings. The van der Waals surface area contributed by atoms with Crippen molar-refractivity contribution in [3.05, 3.63) is 65.4 Å². The first kappa shape index (κ1) is 23.8. The number of rotatable bonds is 4. The summed E-state index contributed by atoms with van der Waals surface area (Å²) >= 11 is 0. The molecule has 1 aromatic heterocycles. The van der Waals surface area contributed by atoms with Crippen LogP contribution in [-0.2, 0) is 11.0 Å². The molecule has 0 radical (unpaired) electrons. The molecular formula is C25H26F4N4O. The molecule has 1 saturated heterocycles. The molecule has 0 spiro atoms. The van der Waals surface area contributed by atoms with E-state index in [2.05, 4.69) is 10.3 Å². The zero-order valence-corrected chi connectivity index (χ0v) is 19.2. The summed E-state index contributed by atoms with van der Waals surface area (Å²) in [6, 6.07) is 10.9. The monoisotopic (exact) mass is 474 g/mol. The molecular weight excluding hydrogens is 448 g/mol. The number of pyridine rings is 1. The maximum absolute atomic E-state index is 14.9. The fourth-order valence-electron chi connectivity index (χ4n) is 4.50. The molecule has 34 heavy (non-hydrogen) atoms. The van der Waals surface area contributed by atoms with Crippen molar-refractivity contribution in [2.24, 2.45) is 0 Å². The summed E-state index contributed by atoms with van der Waals surface area (Å²) in [6.45, 7) is 5.48. The van der Waals surface area contributed by atoms with Crippen molar-refractivity contribution in [1.82, 2.24) is 9.88 Å². The van der Waals surface area contributed by atoms with Gasteiger partial charge in [-0.25, -0.2) is 4.39 Å². The number of carbonyl (C=O) groups is 1. The van der Waals surface area contributed by atoms with Gasteiger partial charge in [-0.05, 0) is 55.3 Å². The lowest BCUT2D eigenvalue weighted by atomic mass is 9.97. The van der Waals surface area contributed by atoms with Crippen molar-refractivity contribution < 1.29 is 22.4 Å². The number of carbonyl (C=O) groups excluding carboxylic acids is 1. The van der Waals surface area contributed by atoms with Crippen LogP contribution >= 0.6 is 0 Å². The van der Waals surface area contributed by atoms with Gasteiger partial charge < -0.3 is 15.1 Å². The average molecular weight is 475 g/mol. The molecule has 1 amide bonds. The number of halogens is 4. The quantitative estimate of drug-likeness (QED) is 0.389. The number of fused-ring (bicyclic) bond motifs is 1. The highest BCUT2D eigenvalue weighted by Gasteiger charge is 2.33. The average Bonchev–Trinajstić information content (AvgIpc) is 2.78. The molecule has 1 fully saturated rings. The van der Waals surface area contributed by atoms with Gasteiger partial charge in [0.25, 0.3) is 0 Å². The van der Waals surface area contributed by atoms with E-state index in [1.807, 2.05) is 6.07 Å². The molecule has 2 atom stereocenters. The zero-order chi connectivity index (χ0) is 24.6. The SMILES string of the molecule is CC(=O)N1CCN(c2ccc3nccc(N[C@H](C)c4cccc(C(F)(F)F)c4C)c3c2)[C@H](F)C1. The van der Waals surface area contributed by atoms with Gasteiger partial charge in [-0.2, -0.15) is 13.2 Å². The maximum atomic E-state index is 14.9. The Balaban J connectivity index is 1.64. The van der Waals surface area contributed by atoms with Gasteiger partial charge in [-0.1, -0.05) is 12.1 Å². The van der Waals surface area contributed by atoms with Gasteiger partial charge >= 0.3 is 6.18 Å². The van der Waals surface area contributed by atoms with Gasteiger partial charge in [0.05, 0.1) is 17.6 Å². The number of aromatic nitrogens is 1. The molecule has 180 valence electrons. The third kappa shape index (κ3) is 4.64. The second-order valence-electron chi connectivity index (χ2n) is 8.54. The highest BCUT2D eigenvalue weighted by atomic mass is 19.4. The van der Waals surface area contributed by atoms with Crippen LogP contribution in [0.15, 0.2) is 48.7 Å². The maximum Gasteiger partial charge on any atom is 0.416 e. The fraction of sp³-hybridized carbons (Fsp3) is 0.360. The first-order chi connectivity index (χ1) is 16.1. The number of nitrogens with one attached hydrogen (secondary N) is 1. The van der Waals surface area contributed by atoms with Crippen molar-refractivity contribution >= 4 is 28.2 Å². The summed E-state index contributed by atoms with van der Waals surface area (Å²) in [6.07, 6.45) is -4.14. The van der Waals surface area contributed by atoms with E-state index < -0.39 is 24.1 Å². The fourth-order valence-corrected chi connectivity index (χ4v) is 4.50. The molecule has 0 unspecified atom stereocenters. The van der Waals surface area contributed by atoms with E-state index in [4.69, 9.17) is 0 Å². The smallest absolute Gasteiger partial charge is 0.378 e. The highest BCUT2D eigenvalue weighted by molar-refractivity contribution is 5.93. The van der Waals surface area contributed by atoms with E-state index in [-0.39, 0.29) is 18.0 Å². The van der Waals surface area contributed by atoms with E-state index >= 15 is 0 Å². The van der Waals surface area contributed by atoms with Crippen LogP contribution < -0.4 is 10.2 Å². The van der Waals surface area contributed by atoms with Gasteiger partial charge in [0.1, 0.15) is 0 Å². The summed E-state index contributed by atoms with van der Waals surface area (Å²) in [5.41, 5.74) is 2.09. The Kier molecular flexibility index (Phi) is 6.38. The first-order valence-electron chi connectivity index (χ1n) is 11.0. The molecule has 0 bridgehead atoms. The third-order valence-corrected chi connectivity index (χ3v) is 6.34. The number of anilines is 2. The lowest BCUT2D eigenvalue weighted by Gasteiger charge is -2.38. The molecule has 4 rings (SSSR count). The molecule has 9 heteroatoms. The minimum absolute atomic E-state index is 0.00261. The molecule has 2 aromatic carbocycles. The number of amides is 1. The van der Waals surface area contributed by atoms with E-state index in [1.54, 1.807) is 42.3 Å². The number of benzene rings is 2. The normalized spacial score (nSPS) is 17.7. The molecule has 0 saturated carbocycles. The molecule has 5 nitrogen and oxygen atoms in total. The Morgan fingerprint density at radius 2 is 1.94 bits per heavy atom. The van der Waals surface area contributed by atoms with Crippen molar-refractivity contribution in [1.29, 1.82) is 0 Å². The first-order valence-corrected chi connectivity index (χ1v) is 11.0. The lowest BCUT2D eigenvalue weighted by Crippen LogP contribution is -2.52. The topological polar surface area (TPSA) is 48.5 Å². The zero-order valence-electron chi connectivity index (χ0n) is 19.2. The van der Waals surface area contributed by atoms with Crippen molar-refractivity contribution in [2.75, 3.05) is 29.9 Å². The Morgan fingerprint density at radius 1 is 1.18 bits per heavy atom. The van der Waals surface area contributed by atoms with E-state index in [0.717, 1.165) is 11.5 Å². The van der Waals surface area contributed by atoms with Crippen LogP contribution in [0.5, 0.6) is 0 Å². The molecule has 1 aliphatic rings. The third-order valence-electron chi connectivity index (χ3n) is 6.34. The van der Waals surface area contributed by atoms with E-state index in [1.165, 1.54) is 24.8 Å². The van der Waals surface area contributed by atoms with Crippen LogP contribution in [0.1, 0.15) is 36.6 Å². The standard InChI is InChI=1S/C25H26F4N4O/c1-15-19(5-4-6-21(15)25(27,28)29)16(2)31-23-9-10-30-22-8-7-18(13-20(22)23)33-12-11-32(17(3)34)14-24(33)26/h4-10,13,16,24H,11-12,14H2,1-3H3,(H,30,31)/t16-,24+/m1/s1. The number of nitrogens with zero attached hydrogens (tertiary/aromatic N) is 3. The Bertz CT molecular complexity index is 1210. The van der Waals surface area contributed by atoms with Crippen molar-refractivity contribution in [3.63, 3.8) is 0 Å². The van der Waals surface area contributed by atoms with Gasteiger partial charge in [0.15, 0.2) is 6.30 Å². The molecule has 1 aliphatic heterocycles. The van der Waals surface area contributed by atoms with Crippen molar-refractivity contribution in [3.8, 4) is 0 Å². The van der Waals surface area contributed by atoms with Gasteiger partial charge in [-0.15, -0.1) is 0 Å². The van der Waals surface area contributed by atoms with Crippen LogP contribution in [0.4, 0.5) is 28.9 Å². The Hall–Kier alpha value is -3.36. The van der Waals surface area contributed by atoms with Crippen LogP contribution in [0.2, 0.25) is 0 Å². The Labute approximate surface area is 195 Å². The van der Waals surface area contributed by atoms with E-state index in [9.17, 15) is 22.4 Å². The van der Waals surface area contributed by atoms with Gasteiger partial charge in [0, 0.05) is 49.0 Å². The summed E-state index contributed by atoms with van der Waals surface area (Å²) in [7, 11) is 0. The summed E-state index contributed by atoms with van der Waals surface area (Å²) < 4.78 is 55.0. The highest BCUT2D eigenvalue weighted by Crippen LogP contribution is 2.36. The predicted octanol–water partition coefficient (Wildman–Crippen LogP) is 5.70. The summed E-state index contributed by atoms with van der Waals surface area (Å²) in [5.74, 6) is -0.157. The van der Waals surface area contributed by atoms with Crippen molar-refractivity contribution in [2.45, 2.75) is 39.3 Å². The summed E-state index contributed by atoms with van der Waals surface area (Å²) in [5, 5.41) is 4.05. The number of piperazine rings is 1. The lowest BCUT2D eigenvalue weighted by molar-refractivity contribution is -0.138. The van der Waals surface area contributed by atoms with Crippen LogP contribution in [-0.4, -0.2) is 41.7 Å². The van der Waals surface area contributed by atoms with Crippen LogP contribution in [0.25, 0.3) is 10.9 Å². The largest absolute Gasteiger partial charge is 0.416 e. The predicted molar refractivity (Wildman–Crippen MR) is 124 cm³/mol. The molecule has 1 N–H and O–H groups in total. The molecule has 2 heterocycles. The molecule has 0 aliphatic carbocycles. The van der Waals surface area contributed by atoms with Gasteiger partial charge in [-0.3, -0.25) is 9.78 Å².